The second-order valence-electron chi connectivity index (χ2n) is 7.31. The largest absolute Gasteiger partial charge is 0.498 e. The predicted octanol–water partition coefficient (Wildman–Crippen LogP) is 1.60. The Balaban J connectivity index is 1.60. The molecule has 3 rings (SSSR count). The number of hydrogen-bond donors (Lipinski definition) is 0. The molecular weight excluding hydrogens is 310 g/mol. The van der Waals surface area contributed by atoms with Gasteiger partial charge in [-0.3, -0.25) is 9.58 Å². The normalized spacial score (nSPS) is 24.9. The van der Waals surface area contributed by atoms with E-state index in [2.05, 4.69) is 5.10 Å². The molecule has 2 saturated heterocycles. The van der Waals surface area contributed by atoms with Crippen LogP contribution in [0.4, 0.5) is 13.2 Å². The van der Waals surface area contributed by atoms with E-state index in [1.165, 1.54) is 4.90 Å². The third kappa shape index (κ3) is 3.27. The number of nitrogens with zero attached hydrogens (tertiary/aromatic N) is 3. The summed E-state index contributed by atoms with van der Waals surface area (Å²) in [5, 5.41) is 4.26. The summed E-state index contributed by atoms with van der Waals surface area (Å²) < 4.78 is 50.5. The van der Waals surface area contributed by atoms with Crippen LogP contribution in [0.25, 0.3) is 0 Å². The van der Waals surface area contributed by atoms with Gasteiger partial charge in [0.15, 0.2) is 0 Å². The zero-order valence-corrected chi connectivity index (χ0v) is 13.7. The topological polar surface area (TPSA) is 39.5 Å². The van der Waals surface area contributed by atoms with Gasteiger partial charge in [0.05, 0.1) is 23.8 Å². The smallest absolute Gasteiger partial charge is 0.399 e. The first-order valence-electron chi connectivity index (χ1n) is 7.66. The van der Waals surface area contributed by atoms with Gasteiger partial charge in [-0.15, -0.1) is 0 Å². The lowest BCUT2D eigenvalue weighted by Gasteiger charge is -2.39. The number of rotatable bonds is 3. The van der Waals surface area contributed by atoms with Gasteiger partial charge in [-0.2, -0.15) is 18.3 Å². The molecule has 1 aromatic heterocycles. The van der Waals surface area contributed by atoms with E-state index in [0.717, 1.165) is 5.46 Å². The molecule has 0 saturated carbocycles. The van der Waals surface area contributed by atoms with Crippen LogP contribution in [-0.4, -0.2) is 58.8 Å². The van der Waals surface area contributed by atoms with Crippen LogP contribution in [0.2, 0.25) is 0 Å². The summed E-state index contributed by atoms with van der Waals surface area (Å²) in [6.07, 6.45) is -0.685. The molecule has 0 spiro atoms. The molecule has 9 heteroatoms. The molecule has 2 aliphatic heterocycles. The molecule has 0 unspecified atom stereocenters. The van der Waals surface area contributed by atoms with Crippen molar-refractivity contribution < 1.29 is 22.5 Å². The van der Waals surface area contributed by atoms with Gasteiger partial charge in [0.25, 0.3) is 0 Å². The zero-order valence-electron chi connectivity index (χ0n) is 13.7. The quantitative estimate of drug-likeness (QED) is 0.789. The van der Waals surface area contributed by atoms with E-state index in [1.54, 1.807) is 17.1 Å². The van der Waals surface area contributed by atoms with Crippen molar-refractivity contribution in [3.05, 3.63) is 12.4 Å². The minimum absolute atomic E-state index is 0.0338. The van der Waals surface area contributed by atoms with Crippen molar-refractivity contribution >= 4 is 12.6 Å². The van der Waals surface area contributed by atoms with Gasteiger partial charge in [0.2, 0.25) is 0 Å². The van der Waals surface area contributed by atoms with Gasteiger partial charge >= 0.3 is 13.3 Å². The SMILES string of the molecule is CC1(C)OB(c2cnn(C3CN(CC(F)(F)F)C3)c2)OC1(C)C. The first-order valence-corrected chi connectivity index (χ1v) is 7.66. The molecule has 23 heavy (non-hydrogen) atoms. The second-order valence-corrected chi connectivity index (χ2v) is 7.31. The maximum atomic E-state index is 12.3. The highest BCUT2D eigenvalue weighted by Gasteiger charge is 2.52. The fraction of sp³-hybridized carbons (Fsp3) is 0.786. The lowest BCUT2D eigenvalue weighted by atomic mass is 9.82. The van der Waals surface area contributed by atoms with Crippen LogP contribution in [0.15, 0.2) is 12.4 Å². The number of hydrogen-bond acceptors (Lipinski definition) is 4. The Kier molecular flexibility index (Phi) is 3.81. The molecular formula is C14H21BF3N3O2. The molecule has 2 fully saturated rings. The van der Waals surface area contributed by atoms with E-state index < -0.39 is 31.0 Å². The summed E-state index contributed by atoms with van der Waals surface area (Å²) in [5.41, 5.74) is -0.0719. The molecule has 5 nitrogen and oxygen atoms in total. The average molecular weight is 331 g/mol. The first-order chi connectivity index (χ1) is 10.5. The lowest BCUT2D eigenvalue weighted by molar-refractivity contribution is -0.157. The maximum Gasteiger partial charge on any atom is 0.498 e. The molecule has 1 aromatic rings. The van der Waals surface area contributed by atoms with Crippen molar-refractivity contribution in [1.82, 2.24) is 14.7 Å². The lowest BCUT2D eigenvalue weighted by Crippen LogP contribution is -2.51. The Bertz CT molecular complexity index is 566. The number of likely N-dealkylation sites (tertiary alicyclic amines) is 1. The molecule has 0 radical (unpaired) electrons. The van der Waals surface area contributed by atoms with E-state index in [0.29, 0.717) is 13.1 Å². The van der Waals surface area contributed by atoms with E-state index >= 15 is 0 Å². The van der Waals surface area contributed by atoms with Crippen LogP contribution in [0, 0.1) is 0 Å². The number of halogens is 3. The third-order valence-electron chi connectivity index (χ3n) is 4.86. The minimum Gasteiger partial charge on any atom is -0.399 e. The van der Waals surface area contributed by atoms with Crippen LogP contribution in [0.5, 0.6) is 0 Å². The number of alkyl halides is 3. The molecule has 2 aliphatic rings. The molecule has 0 amide bonds. The highest BCUT2D eigenvalue weighted by atomic mass is 19.4. The van der Waals surface area contributed by atoms with E-state index in [9.17, 15) is 13.2 Å². The highest BCUT2D eigenvalue weighted by molar-refractivity contribution is 6.62. The monoisotopic (exact) mass is 331 g/mol. The van der Waals surface area contributed by atoms with Crippen molar-refractivity contribution in [1.29, 1.82) is 0 Å². The summed E-state index contributed by atoms with van der Waals surface area (Å²) in [6, 6.07) is -0.0338. The molecule has 3 heterocycles. The molecule has 0 aromatic carbocycles. The Morgan fingerprint density at radius 1 is 1.22 bits per heavy atom. The zero-order chi connectivity index (χ0) is 17.0. The van der Waals surface area contributed by atoms with Crippen molar-refractivity contribution in [3.63, 3.8) is 0 Å². The predicted molar refractivity (Wildman–Crippen MR) is 79.5 cm³/mol. The van der Waals surface area contributed by atoms with Gasteiger partial charge in [-0.05, 0) is 27.7 Å². The highest BCUT2D eigenvalue weighted by Crippen LogP contribution is 2.36. The van der Waals surface area contributed by atoms with Gasteiger partial charge in [0.1, 0.15) is 0 Å². The minimum atomic E-state index is -4.15. The summed E-state index contributed by atoms with van der Waals surface area (Å²) in [4.78, 5) is 1.36. The van der Waals surface area contributed by atoms with Crippen LogP contribution in [-0.2, 0) is 9.31 Å². The Morgan fingerprint density at radius 2 is 1.78 bits per heavy atom. The van der Waals surface area contributed by atoms with Crippen LogP contribution >= 0.6 is 0 Å². The maximum absolute atomic E-state index is 12.3. The second kappa shape index (κ2) is 5.22. The summed E-state index contributed by atoms with van der Waals surface area (Å²) in [5.74, 6) is 0. The third-order valence-corrected chi connectivity index (χ3v) is 4.86. The van der Waals surface area contributed by atoms with Gasteiger partial charge in [-0.1, -0.05) is 0 Å². The van der Waals surface area contributed by atoms with Gasteiger partial charge in [-0.25, -0.2) is 0 Å². The Hall–Kier alpha value is -1.06. The average Bonchev–Trinajstić information content (AvgIpc) is 2.86. The summed E-state index contributed by atoms with van der Waals surface area (Å²) >= 11 is 0. The fourth-order valence-corrected chi connectivity index (χ4v) is 2.75. The molecule has 0 bridgehead atoms. The van der Waals surface area contributed by atoms with Gasteiger partial charge < -0.3 is 9.31 Å². The standard InChI is InChI=1S/C14H21BF3N3O2/c1-12(2)13(3,4)23-15(22-12)10-5-19-21(6-10)11-7-20(8-11)9-14(16,17)18/h5-6,11H,7-9H2,1-4H3. The Labute approximate surface area is 133 Å². The Morgan fingerprint density at radius 3 is 2.30 bits per heavy atom. The van der Waals surface area contributed by atoms with Crippen LogP contribution < -0.4 is 5.46 Å². The number of aromatic nitrogens is 2. The van der Waals surface area contributed by atoms with E-state index in [-0.39, 0.29) is 6.04 Å². The van der Waals surface area contributed by atoms with Gasteiger partial charge in [0, 0.05) is 30.9 Å². The van der Waals surface area contributed by atoms with Crippen molar-refractivity contribution in [2.24, 2.45) is 0 Å². The van der Waals surface area contributed by atoms with E-state index in [1.807, 2.05) is 27.7 Å². The van der Waals surface area contributed by atoms with E-state index in [4.69, 9.17) is 9.31 Å². The first kappa shape index (κ1) is 16.8. The summed E-state index contributed by atoms with van der Waals surface area (Å²) in [7, 11) is -0.500. The molecule has 0 aliphatic carbocycles. The van der Waals surface area contributed by atoms with Crippen molar-refractivity contribution in [3.8, 4) is 0 Å². The van der Waals surface area contributed by atoms with Crippen LogP contribution in [0.1, 0.15) is 33.7 Å². The molecule has 0 N–H and O–H groups in total. The molecule has 128 valence electrons. The van der Waals surface area contributed by atoms with Crippen molar-refractivity contribution in [2.75, 3.05) is 19.6 Å². The van der Waals surface area contributed by atoms with Crippen LogP contribution in [0.3, 0.4) is 0 Å². The fourth-order valence-electron chi connectivity index (χ4n) is 2.75. The van der Waals surface area contributed by atoms with Crippen molar-refractivity contribution in [2.45, 2.75) is 51.1 Å². The molecule has 0 atom stereocenters. The summed E-state index contributed by atoms with van der Waals surface area (Å²) in [6.45, 7) is 7.72.